The van der Waals surface area contributed by atoms with E-state index >= 15 is 0 Å². The van der Waals surface area contributed by atoms with E-state index in [0.29, 0.717) is 0 Å². The first-order valence-electron chi connectivity index (χ1n) is 3.49. The average molecular weight is 226 g/mol. The molecule has 78 valence electrons. The lowest BCUT2D eigenvalue weighted by Crippen LogP contribution is -2.44. The molecule has 0 saturated heterocycles. The first-order valence-corrected chi connectivity index (χ1v) is 3.87. The number of carbonyl (C=O) groups excluding carboxylic acids is 1. The SMILES string of the molecule is NC(=O)C1(OCC(F)F)N=NC=C1Cl. The molecule has 1 unspecified atom stereocenters. The minimum Gasteiger partial charge on any atom is -0.365 e. The predicted octanol–water partition coefficient (Wildman–Crippen LogP) is 0.996. The summed E-state index contributed by atoms with van der Waals surface area (Å²) >= 11 is 5.52. The highest BCUT2D eigenvalue weighted by molar-refractivity contribution is 6.32. The van der Waals surface area contributed by atoms with Crippen molar-refractivity contribution in [1.29, 1.82) is 0 Å². The van der Waals surface area contributed by atoms with Crippen molar-refractivity contribution in [2.24, 2.45) is 16.0 Å². The fraction of sp³-hybridized carbons (Fsp3) is 0.500. The number of azo groups is 1. The van der Waals surface area contributed by atoms with E-state index in [9.17, 15) is 13.6 Å². The Kier molecular flexibility index (Phi) is 3.12. The molecule has 1 rings (SSSR count). The Morgan fingerprint density at radius 1 is 1.79 bits per heavy atom. The summed E-state index contributed by atoms with van der Waals surface area (Å²) in [7, 11) is 0. The number of hydrogen-bond acceptors (Lipinski definition) is 4. The topological polar surface area (TPSA) is 77.0 Å². The van der Waals surface area contributed by atoms with E-state index < -0.39 is 24.7 Å². The highest BCUT2D eigenvalue weighted by atomic mass is 35.5. The van der Waals surface area contributed by atoms with E-state index in [0.717, 1.165) is 6.20 Å². The number of halogens is 3. The highest BCUT2D eigenvalue weighted by Crippen LogP contribution is 2.32. The second kappa shape index (κ2) is 3.97. The number of alkyl halides is 2. The van der Waals surface area contributed by atoms with Crippen molar-refractivity contribution in [3.05, 3.63) is 11.2 Å². The Labute approximate surface area is 82.6 Å². The van der Waals surface area contributed by atoms with Gasteiger partial charge in [0.1, 0.15) is 11.6 Å². The zero-order valence-electron chi connectivity index (χ0n) is 6.78. The third-order valence-electron chi connectivity index (χ3n) is 1.45. The monoisotopic (exact) mass is 225 g/mol. The number of nitrogens with two attached hydrogens (primary N) is 1. The number of hydrogen-bond donors (Lipinski definition) is 1. The van der Waals surface area contributed by atoms with Crippen molar-refractivity contribution in [3.8, 4) is 0 Å². The van der Waals surface area contributed by atoms with Gasteiger partial charge in [-0.25, -0.2) is 8.78 Å². The van der Waals surface area contributed by atoms with Crippen LogP contribution in [0.5, 0.6) is 0 Å². The van der Waals surface area contributed by atoms with E-state index in [1.165, 1.54) is 0 Å². The molecule has 0 spiro atoms. The minimum atomic E-state index is -2.74. The summed E-state index contributed by atoms with van der Waals surface area (Å²) in [4.78, 5) is 10.9. The van der Waals surface area contributed by atoms with Gasteiger partial charge in [-0.2, -0.15) is 5.11 Å². The van der Waals surface area contributed by atoms with Crippen LogP contribution in [0.15, 0.2) is 21.5 Å². The Balaban J connectivity index is 2.80. The molecule has 5 nitrogen and oxygen atoms in total. The maximum absolute atomic E-state index is 11.8. The summed E-state index contributed by atoms with van der Waals surface area (Å²) in [5.41, 5.74) is 2.85. The zero-order valence-corrected chi connectivity index (χ0v) is 7.54. The van der Waals surface area contributed by atoms with Gasteiger partial charge in [0.2, 0.25) is 0 Å². The van der Waals surface area contributed by atoms with Gasteiger partial charge in [-0.1, -0.05) is 11.6 Å². The van der Waals surface area contributed by atoms with Crippen molar-refractivity contribution in [2.75, 3.05) is 6.61 Å². The number of rotatable bonds is 4. The number of primary amides is 1. The molecule has 2 N–H and O–H groups in total. The third kappa shape index (κ3) is 1.88. The van der Waals surface area contributed by atoms with Crippen LogP contribution in [-0.4, -0.2) is 24.7 Å². The van der Waals surface area contributed by atoms with Gasteiger partial charge in [0.05, 0.1) is 6.20 Å². The largest absolute Gasteiger partial charge is 0.365 e. The van der Waals surface area contributed by atoms with Crippen LogP contribution in [0.25, 0.3) is 0 Å². The Morgan fingerprint density at radius 3 is 2.79 bits per heavy atom. The quantitative estimate of drug-likeness (QED) is 0.775. The zero-order chi connectivity index (χ0) is 10.8. The van der Waals surface area contributed by atoms with Crippen LogP contribution in [0.1, 0.15) is 0 Å². The van der Waals surface area contributed by atoms with Crippen LogP contribution in [0.4, 0.5) is 8.78 Å². The van der Waals surface area contributed by atoms with E-state index in [-0.39, 0.29) is 5.03 Å². The maximum atomic E-state index is 11.8. The molecule has 1 aliphatic rings. The molecule has 1 atom stereocenters. The second-order valence-electron chi connectivity index (χ2n) is 2.40. The van der Waals surface area contributed by atoms with Gasteiger partial charge in [0, 0.05) is 0 Å². The molecule has 0 aromatic heterocycles. The molecule has 1 aliphatic heterocycles. The summed E-state index contributed by atoms with van der Waals surface area (Å²) in [5, 5.41) is 6.34. The summed E-state index contributed by atoms with van der Waals surface area (Å²) in [5.74, 6) is -1.08. The van der Waals surface area contributed by atoms with Crippen molar-refractivity contribution >= 4 is 17.5 Å². The van der Waals surface area contributed by atoms with Crippen LogP contribution in [0.2, 0.25) is 0 Å². The van der Waals surface area contributed by atoms with E-state index in [1.807, 2.05) is 0 Å². The Morgan fingerprint density at radius 2 is 2.43 bits per heavy atom. The first kappa shape index (κ1) is 11.0. The van der Waals surface area contributed by atoms with Gasteiger partial charge in [-0.3, -0.25) is 4.79 Å². The average Bonchev–Trinajstić information content (AvgIpc) is 2.44. The predicted molar refractivity (Wildman–Crippen MR) is 42.7 cm³/mol. The molecule has 1 heterocycles. The molecule has 8 heteroatoms. The van der Waals surface area contributed by atoms with Gasteiger partial charge < -0.3 is 10.5 Å². The fourth-order valence-electron chi connectivity index (χ4n) is 0.816. The van der Waals surface area contributed by atoms with Crippen LogP contribution >= 0.6 is 11.6 Å². The molecule has 0 aromatic carbocycles. The van der Waals surface area contributed by atoms with Gasteiger partial charge in [0.15, 0.2) is 0 Å². The normalized spacial score (nSPS) is 25.6. The molecule has 0 bridgehead atoms. The van der Waals surface area contributed by atoms with Gasteiger partial charge in [0.25, 0.3) is 18.1 Å². The molecular weight excluding hydrogens is 220 g/mol. The smallest absolute Gasteiger partial charge is 0.296 e. The number of nitrogens with zero attached hydrogens (tertiary/aromatic N) is 2. The maximum Gasteiger partial charge on any atom is 0.296 e. The molecule has 0 fully saturated rings. The molecule has 0 aromatic rings. The van der Waals surface area contributed by atoms with Gasteiger partial charge in [-0.05, 0) is 0 Å². The number of ether oxygens (including phenoxy) is 1. The second-order valence-corrected chi connectivity index (χ2v) is 2.81. The van der Waals surface area contributed by atoms with E-state index in [2.05, 4.69) is 15.0 Å². The lowest BCUT2D eigenvalue weighted by Gasteiger charge is -2.21. The lowest BCUT2D eigenvalue weighted by atomic mass is 10.2. The number of carbonyl (C=O) groups is 1. The van der Waals surface area contributed by atoms with Crippen molar-refractivity contribution in [3.63, 3.8) is 0 Å². The number of amides is 1. The van der Waals surface area contributed by atoms with E-state index in [1.54, 1.807) is 0 Å². The van der Waals surface area contributed by atoms with Crippen LogP contribution in [0, 0.1) is 0 Å². The molecular formula is C6H6ClF2N3O2. The molecule has 0 aliphatic carbocycles. The van der Waals surface area contributed by atoms with Gasteiger partial charge in [-0.15, -0.1) is 5.11 Å². The molecule has 1 amide bonds. The summed E-state index contributed by atoms with van der Waals surface area (Å²) in [6.45, 7) is -0.994. The molecule has 0 radical (unpaired) electrons. The van der Waals surface area contributed by atoms with Crippen LogP contribution in [0.3, 0.4) is 0 Å². The fourth-order valence-corrected chi connectivity index (χ4v) is 1.04. The minimum absolute atomic E-state index is 0.231. The van der Waals surface area contributed by atoms with Crippen LogP contribution in [-0.2, 0) is 9.53 Å². The van der Waals surface area contributed by atoms with Crippen molar-refractivity contribution in [1.82, 2.24) is 0 Å². The third-order valence-corrected chi connectivity index (χ3v) is 1.80. The summed E-state index contributed by atoms with van der Waals surface area (Å²) in [6.07, 6.45) is -1.73. The Bertz CT molecular complexity index is 307. The molecule has 14 heavy (non-hydrogen) atoms. The standard InChI is InChI=1S/C6H6ClF2N3O2/c7-3-1-11-12-6(3,5(10)13)14-2-4(8)9/h1,4H,2H2,(H2,10,13). The molecule has 0 saturated carbocycles. The van der Waals surface area contributed by atoms with Gasteiger partial charge >= 0.3 is 0 Å². The van der Waals surface area contributed by atoms with Crippen molar-refractivity contribution in [2.45, 2.75) is 12.2 Å². The van der Waals surface area contributed by atoms with Crippen LogP contribution < -0.4 is 5.73 Å². The summed E-state index contributed by atoms with van der Waals surface area (Å²) in [6, 6.07) is 0. The van der Waals surface area contributed by atoms with Crippen molar-refractivity contribution < 1.29 is 18.3 Å². The highest BCUT2D eigenvalue weighted by Gasteiger charge is 2.45. The lowest BCUT2D eigenvalue weighted by molar-refractivity contribution is -0.141. The van der Waals surface area contributed by atoms with E-state index in [4.69, 9.17) is 17.3 Å². The summed E-state index contributed by atoms with van der Waals surface area (Å²) < 4.78 is 28.2. The first-order chi connectivity index (χ1) is 6.49. The Hall–Kier alpha value is -1.08.